The highest BCUT2D eigenvalue weighted by Crippen LogP contribution is 2.20. The predicted molar refractivity (Wildman–Crippen MR) is 64.6 cm³/mol. The Morgan fingerprint density at radius 3 is 2.44 bits per heavy atom. The maximum atomic E-state index is 11.9. The van der Waals surface area contributed by atoms with Gasteiger partial charge >= 0.3 is 6.18 Å². The van der Waals surface area contributed by atoms with Crippen LogP contribution >= 0.6 is 0 Å². The highest BCUT2D eigenvalue weighted by atomic mass is 19.4. The Hall–Kier alpha value is -0.330. The van der Waals surface area contributed by atoms with Crippen LogP contribution in [0.3, 0.4) is 0 Å². The summed E-state index contributed by atoms with van der Waals surface area (Å²) in [5, 5.41) is 3.25. The van der Waals surface area contributed by atoms with Gasteiger partial charge in [-0.15, -0.1) is 0 Å². The number of alkyl halides is 3. The van der Waals surface area contributed by atoms with Crippen LogP contribution in [-0.2, 0) is 4.74 Å². The Bertz CT molecular complexity index is 228. The van der Waals surface area contributed by atoms with E-state index in [4.69, 9.17) is 0 Å². The van der Waals surface area contributed by atoms with Crippen molar-refractivity contribution >= 4 is 0 Å². The number of nitrogens with zero attached hydrogens (tertiary/aromatic N) is 1. The summed E-state index contributed by atoms with van der Waals surface area (Å²) in [6, 6.07) is 0.508. The van der Waals surface area contributed by atoms with E-state index in [0.29, 0.717) is 18.5 Å². The van der Waals surface area contributed by atoms with Crippen molar-refractivity contribution in [2.45, 2.75) is 32.0 Å². The first kappa shape index (κ1) is 15.7. The Morgan fingerprint density at radius 2 is 1.94 bits per heavy atom. The lowest BCUT2D eigenvalue weighted by Gasteiger charge is -2.34. The van der Waals surface area contributed by atoms with Gasteiger partial charge in [0, 0.05) is 12.6 Å². The van der Waals surface area contributed by atoms with E-state index in [0.717, 1.165) is 25.9 Å². The van der Waals surface area contributed by atoms with E-state index in [2.05, 4.69) is 21.9 Å². The SMILES string of the molecule is CNC(C)C1CCN(CCOCC(F)(F)F)CC1. The van der Waals surface area contributed by atoms with Crippen molar-refractivity contribution in [1.82, 2.24) is 10.2 Å². The summed E-state index contributed by atoms with van der Waals surface area (Å²) in [5.74, 6) is 0.669. The second-order valence-electron chi connectivity index (χ2n) is 4.92. The topological polar surface area (TPSA) is 24.5 Å². The van der Waals surface area contributed by atoms with Crippen LogP contribution in [0.5, 0.6) is 0 Å². The molecule has 18 heavy (non-hydrogen) atoms. The van der Waals surface area contributed by atoms with Crippen molar-refractivity contribution in [3.8, 4) is 0 Å². The molecule has 0 bridgehead atoms. The lowest BCUT2D eigenvalue weighted by molar-refractivity contribution is -0.174. The zero-order valence-electron chi connectivity index (χ0n) is 11.1. The van der Waals surface area contributed by atoms with Crippen molar-refractivity contribution in [3.05, 3.63) is 0 Å². The number of hydrogen-bond acceptors (Lipinski definition) is 3. The first-order chi connectivity index (χ1) is 8.42. The standard InChI is InChI=1S/C12H23F3N2O/c1-10(16-2)11-3-5-17(6-4-11)7-8-18-9-12(13,14)15/h10-11,16H,3-9H2,1-2H3. The van der Waals surface area contributed by atoms with Crippen molar-refractivity contribution < 1.29 is 17.9 Å². The molecule has 1 atom stereocenters. The molecule has 1 heterocycles. The minimum Gasteiger partial charge on any atom is -0.371 e. The molecule has 1 aliphatic heterocycles. The molecule has 0 radical (unpaired) electrons. The Kier molecular flexibility index (Phi) is 6.38. The third-order valence-electron chi connectivity index (χ3n) is 3.61. The lowest BCUT2D eigenvalue weighted by atomic mass is 9.90. The number of likely N-dealkylation sites (tertiary alicyclic amines) is 1. The maximum absolute atomic E-state index is 11.9. The molecule has 1 fully saturated rings. The number of rotatable bonds is 6. The zero-order chi connectivity index (χ0) is 13.6. The largest absolute Gasteiger partial charge is 0.411 e. The van der Waals surface area contributed by atoms with E-state index in [1.807, 2.05) is 7.05 Å². The van der Waals surface area contributed by atoms with Gasteiger partial charge < -0.3 is 15.0 Å². The molecule has 0 amide bonds. The van der Waals surface area contributed by atoms with E-state index < -0.39 is 12.8 Å². The molecule has 6 heteroatoms. The molecule has 3 nitrogen and oxygen atoms in total. The number of halogens is 3. The van der Waals surface area contributed by atoms with Crippen LogP contribution in [0, 0.1) is 5.92 Å². The minimum atomic E-state index is -4.21. The number of nitrogens with one attached hydrogen (secondary N) is 1. The van der Waals surface area contributed by atoms with Crippen molar-refractivity contribution in [2.24, 2.45) is 5.92 Å². The lowest BCUT2D eigenvalue weighted by Crippen LogP contribution is -2.42. The summed E-state index contributed by atoms with van der Waals surface area (Å²) in [6.45, 7) is 3.69. The molecular formula is C12H23F3N2O. The van der Waals surface area contributed by atoms with Gasteiger partial charge in [-0.2, -0.15) is 13.2 Å². The highest BCUT2D eigenvalue weighted by Gasteiger charge is 2.27. The Labute approximate surface area is 107 Å². The minimum absolute atomic E-state index is 0.158. The van der Waals surface area contributed by atoms with E-state index in [9.17, 15) is 13.2 Å². The number of ether oxygens (including phenoxy) is 1. The molecular weight excluding hydrogens is 245 g/mol. The van der Waals surface area contributed by atoms with E-state index in [1.165, 1.54) is 0 Å². The summed E-state index contributed by atoms with van der Waals surface area (Å²) in [4.78, 5) is 2.18. The summed E-state index contributed by atoms with van der Waals surface area (Å²) >= 11 is 0. The third-order valence-corrected chi connectivity index (χ3v) is 3.61. The second kappa shape index (κ2) is 7.31. The van der Waals surface area contributed by atoms with Gasteiger partial charge in [-0.25, -0.2) is 0 Å². The summed E-state index contributed by atoms with van der Waals surface area (Å²) < 4.78 is 40.2. The summed E-state index contributed by atoms with van der Waals surface area (Å²) in [5.41, 5.74) is 0. The van der Waals surface area contributed by atoms with Gasteiger partial charge in [-0.3, -0.25) is 0 Å². The van der Waals surface area contributed by atoms with Gasteiger partial charge in [0.15, 0.2) is 0 Å². The third kappa shape index (κ3) is 6.02. The molecule has 0 saturated carbocycles. The van der Waals surface area contributed by atoms with Gasteiger partial charge in [0.05, 0.1) is 6.61 Å². The van der Waals surface area contributed by atoms with Gasteiger partial charge in [-0.05, 0) is 45.8 Å². The maximum Gasteiger partial charge on any atom is 0.411 e. The first-order valence-corrected chi connectivity index (χ1v) is 6.46. The smallest absolute Gasteiger partial charge is 0.371 e. The van der Waals surface area contributed by atoms with Crippen LogP contribution in [0.1, 0.15) is 19.8 Å². The van der Waals surface area contributed by atoms with Crippen LogP contribution in [0.2, 0.25) is 0 Å². The summed E-state index contributed by atoms with van der Waals surface area (Å²) in [6.07, 6.45) is -2.02. The fraction of sp³-hybridized carbons (Fsp3) is 1.00. The molecule has 1 unspecified atom stereocenters. The predicted octanol–water partition coefficient (Wildman–Crippen LogP) is 1.89. The van der Waals surface area contributed by atoms with Crippen molar-refractivity contribution in [3.63, 3.8) is 0 Å². The van der Waals surface area contributed by atoms with E-state index in [-0.39, 0.29) is 6.61 Å². The highest BCUT2D eigenvalue weighted by molar-refractivity contribution is 4.78. The molecule has 0 spiro atoms. The normalized spacial score (nSPS) is 21.2. The van der Waals surface area contributed by atoms with Gasteiger partial charge in [0.1, 0.15) is 6.61 Å². The number of piperidine rings is 1. The van der Waals surface area contributed by atoms with Crippen LogP contribution in [0.25, 0.3) is 0 Å². The molecule has 1 saturated heterocycles. The van der Waals surface area contributed by atoms with Crippen LogP contribution in [-0.4, -0.2) is 57.0 Å². The molecule has 1 aliphatic rings. The van der Waals surface area contributed by atoms with Crippen molar-refractivity contribution in [2.75, 3.05) is 39.9 Å². The fourth-order valence-electron chi connectivity index (χ4n) is 2.29. The molecule has 108 valence electrons. The van der Waals surface area contributed by atoms with Gasteiger partial charge in [-0.1, -0.05) is 0 Å². The van der Waals surface area contributed by atoms with Crippen LogP contribution in [0.4, 0.5) is 13.2 Å². The quantitative estimate of drug-likeness (QED) is 0.744. The Balaban J connectivity index is 2.09. The second-order valence-corrected chi connectivity index (χ2v) is 4.92. The first-order valence-electron chi connectivity index (χ1n) is 6.46. The Morgan fingerprint density at radius 1 is 1.33 bits per heavy atom. The summed E-state index contributed by atoms with van der Waals surface area (Å²) in [7, 11) is 1.96. The van der Waals surface area contributed by atoms with Crippen molar-refractivity contribution in [1.29, 1.82) is 0 Å². The molecule has 1 rings (SSSR count). The number of hydrogen-bond donors (Lipinski definition) is 1. The molecule has 0 aromatic rings. The average Bonchev–Trinajstić information content (AvgIpc) is 2.33. The fourth-order valence-corrected chi connectivity index (χ4v) is 2.29. The molecule has 1 N–H and O–H groups in total. The molecule has 0 aromatic heterocycles. The molecule has 0 aromatic carbocycles. The van der Waals surface area contributed by atoms with Gasteiger partial charge in [0.2, 0.25) is 0 Å². The zero-order valence-corrected chi connectivity index (χ0v) is 11.1. The monoisotopic (exact) mass is 268 g/mol. The average molecular weight is 268 g/mol. The van der Waals surface area contributed by atoms with E-state index in [1.54, 1.807) is 0 Å². The van der Waals surface area contributed by atoms with Gasteiger partial charge in [0.25, 0.3) is 0 Å². The molecule has 0 aliphatic carbocycles. The van der Waals surface area contributed by atoms with Crippen LogP contribution < -0.4 is 5.32 Å². The van der Waals surface area contributed by atoms with E-state index >= 15 is 0 Å². The van der Waals surface area contributed by atoms with Crippen LogP contribution in [0.15, 0.2) is 0 Å².